The molecule has 1 N–H and O–H groups in total. The van der Waals surface area contributed by atoms with Crippen LogP contribution in [-0.4, -0.2) is 28.6 Å². The number of carbonyl (C=O) groups is 2. The SMILES string of the molecule is C[C@H]([C@H](C(=O)Nc1cc([C@@H](CC(=O)OC(C)(C)C)C2CC2)ccc1Cl)c1cnc2ccccc2c1)C(F)(F)F. The first-order valence-corrected chi connectivity index (χ1v) is 13.3. The normalized spacial score (nSPS) is 16.4. The lowest BCUT2D eigenvalue weighted by Gasteiger charge is -2.26. The van der Waals surface area contributed by atoms with E-state index in [1.54, 1.807) is 69.3 Å². The molecule has 3 atom stereocenters. The summed E-state index contributed by atoms with van der Waals surface area (Å²) in [4.78, 5) is 30.3. The van der Waals surface area contributed by atoms with E-state index in [1.165, 1.54) is 6.20 Å². The molecule has 5 nitrogen and oxygen atoms in total. The molecule has 208 valence electrons. The summed E-state index contributed by atoms with van der Waals surface area (Å²) in [7, 11) is 0. The largest absolute Gasteiger partial charge is 0.460 e. The molecule has 2 aromatic carbocycles. The third kappa shape index (κ3) is 7.29. The molecule has 0 spiro atoms. The van der Waals surface area contributed by atoms with E-state index in [0.29, 0.717) is 10.9 Å². The molecule has 1 aromatic heterocycles. The van der Waals surface area contributed by atoms with Gasteiger partial charge < -0.3 is 10.1 Å². The van der Waals surface area contributed by atoms with Crippen molar-refractivity contribution in [1.29, 1.82) is 0 Å². The van der Waals surface area contributed by atoms with Gasteiger partial charge in [0.15, 0.2) is 0 Å². The van der Waals surface area contributed by atoms with Crippen molar-refractivity contribution in [1.82, 2.24) is 4.98 Å². The van der Waals surface area contributed by atoms with Gasteiger partial charge in [-0.2, -0.15) is 13.2 Å². The fraction of sp³-hybridized carbons (Fsp3) is 0.433. The maximum absolute atomic E-state index is 13.9. The van der Waals surface area contributed by atoms with E-state index in [4.69, 9.17) is 16.3 Å². The van der Waals surface area contributed by atoms with Crippen molar-refractivity contribution in [2.75, 3.05) is 5.32 Å². The minimum atomic E-state index is -4.62. The number of benzene rings is 2. The Kier molecular flexibility index (Phi) is 8.26. The third-order valence-corrected chi connectivity index (χ3v) is 7.27. The molecule has 1 aliphatic carbocycles. The van der Waals surface area contributed by atoms with Crippen LogP contribution in [0.3, 0.4) is 0 Å². The van der Waals surface area contributed by atoms with Crippen LogP contribution < -0.4 is 5.32 Å². The topological polar surface area (TPSA) is 68.3 Å². The number of alkyl halides is 3. The van der Waals surface area contributed by atoms with Crippen molar-refractivity contribution in [3.8, 4) is 0 Å². The number of carbonyl (C=O) groups excluding carboxylic acids is 2. The van der Waals surface area contributed by atoms with Gasteiger partial charge in [0.05, 0.1) is 34.5 Å². The van der Waals surface area contributed by atoms with Crippen molar-refractivity contribution < 1.29 is 27.5 Å². The minimum Gasteiger partial charge on any atom is -0.460 e. The molecule has 0 saturated heterocycles. The average molecular weight is 561 g/mol. The summed E-state index contributed by atoms with van der Waals surface area (Å²) in [6.45, 7) is 6.39. The molecule has 1 heterocycles. The molecule has 3 aromatic rings. The Balaban J connectivity index is 1.63. The minimum absolute atomic E-state index is 0.151. The van der Waals surface area contributed by atoms with Gasteiger partial charge >= 0.3 is 12.1 Å². The number of nitrogens with zero attached hydrogens (tertiary/aromatic N) is 1. The van der Waals surface area contributed by atoms with Crippen molar-refractivity contribution in [2.45, 2.75) is 70.6 Å². The first-order valence-electron chi connectivity index (χ1n) is 13.0. The van der Waals surface area contributed by atoms with Crippen LogP contribution >= 0.6 is 11.6 Å². The van der Waals surface area contributed by atoms with Crippen LogP contribution in [0, 0.1) is 11.8 Å². The summed E-state index contributed by atoms with van der Waals surface area (Å²) in [6.07, 6.45) is -1.23. The van der Waals surface area contributed by atoms with Crippen molar-refractivity contribution in [3.05, 3.63) is 70.9 Å². The second kappa shape index (κ2) is 11.2. The Bertz CT molecular complexity index is 1370. The number of hydrogen-bond donors (Lipinski definition) is 1. The van der Waals surface area contributed by atoms with Crippen LogP contribution in [0.2, 0.25) is 5.02 Å². The first kappa shape index (κ1) is 28.9. The van der Waals surface area contributed by atoms with Gasteiger partial charge in [-0.05, 0) is 80.8 Å². The molecule has 0 radical (unpaired) electrons. The van der Waals surface area contributed by atoms with Gasteiger partial charge in [-0.3, -0.25) is 14.6 Å². The zero-order valence-electron chi connectivity index (χ0n) is 22.3. The molecule has 1 amide bonds. The highest BCUT2D eigenvalue weighted by molar-refractivity contribution is 6.33. The number of ether oxygens (including phenoxy) is 1. The molecular weight excluding hydrogens is 529 g/mol. The Morgan fingerprint density at radius 3 is 2.41 bits per heavy atom. The molecule has 0 unspecified atom stereocenters. The van der Waals surface area contributed by atoms with Crippen LogP contribution in [0.15, 0.2) is 54.7 Å². The Labute approximate surface area is 231 Å². The number of nitrogens with one attached hydrogen (secondary N) is 1. The van der Waals surface area contributed by atoms with E-state index in [2.05, 4.69) is 10.3 Å². The Morgan fingerprint density at radius 2 is 1.77 bits per heavy atom. The number of fused-ring (bicyclic) bond motifs is 1. The molecule has 0 bridgehead atoms. The summed E-state index contributed by atoms with van der Waals surface area (Å²) >= 11 is 6.39. The number of hydrogen-bond acceptors (Lipinski definition) is 4. The lowest BCUT2D eigenvalue weighted by atomic mass is 9.86. The predicted octanol–water partition coefficient (Wildman–Crippen LogP) is 8.03. The Hall–Kier alpha value is -3.13. The summed E-state index contributed by atoms with van der Waals surface area (Å²) in [5.74, 6) is -4.57. The average Bonchev–Trinajstić information content (AvgIpc) is 3.68. The molecular formula is C30H32ClF3N2O3. The zero-order chi connectivity index (χ0) is 28.5. The van der Waals surface area contributed by atoms with Gasteiger partial charge in [0.1, 0.15) is 5.60 Å². The number of rotatable bonds is 8. The predicted molar refractivity (Wildman–Crippen MR) is 146 cm³/mol. The van der Waals surface area contributed by atoms with Crippen molar-refractivity contribution in [2.24, 2.45) is 11.8 Å². The van der Waals surface area contributed by atoms with E-state index < -0.39 is 29.5 Å². The summed E-state index contributed by atoms with van der Waals surface area (Å²) in [5, 5.41) is 3.47. The van der Waals surface area contributed by atoms with Gasteiger partial charge in [0.2, 0.25) is 5.91 Å². The van der Waals surface area contributed by atoms with Crippen LogP contribution in [0.1, 0.15) is 69.9 Å². The first-order chi connectivity index (χ1) is 18.2. The van der Waals surface area contributed by atoms with Crippen LogP contribution in [-0.2, 0) is 14.3 Å². The number of para-hydroxylation sites is 1. The Morgan fingerprint density at radius 1 is 1.08 bits per heavy atom. The maximum Gasteiger partial charge on any atom is 0.392 e. The van der Waals surface area contributed by atoms with Crippen LogP contribution in [0.25, 0.3) is 10.9 Å². The van der Waals surface area contributed by atoms with E-state index in [1.807, 2.05) is 0 Å². The van der Waals surface area contributed by atoms with E-state index in [-0.39, 0.29) is 40.5 Å². The van der Waals surface area contributed by atoms with E-state index in [9.17, 15) is 22.8 Å². The second-order valence-corrected chi connectivity index (χ2v) is 11.6. The highest BCUT2D eigenvalue weighted by Gasteiger charge is 2.45. The number of anilines is 1. The highest BCUT2D eigenvalue weighted by atomic mass is 35.5. The molecule has 39 heavy (non-hydrogen) atoms. The van der Waals surface area contributed by atoms with Gasteiger partial charge in [-0.15, -0.1) is 0 Å². The number of amides is 1. The summed E-state index contributed by atoms with van der Waals surface area (Å²) in [6, 6.07) is 13.6. The summed E-state index contributed by atoms with van der Waals surface area (Å²) in [5.41, 5.74) is 1.13. The lowest BCUT2D eigenvalue weighted by Crippen LogP contribution is -2.34. The van der Waals surface area contributed by atoms with Gasteiger partial charge in [0.25, 0.3) is 0 Å². The summed E-state index contributed by atoms with van der Waals surface area (Å²) < 4.78 is 47.2. The quantitative estimate of drug-likeness (QED) is 0.283. The zero-order valence-corrected chi connectivity index (χ0v) is 23.1. The van der Waals surface area contributed by atoms with Crippen LogP contribution in [0.4, 0.5) is 18.9 Å². The third-order valence-electron chi connectivity index (χ3n) is 6.94. The molecule has 0 aliphatic heterocycles. The maximum atomic E-state index is 13.9. The number of aromatic nitrogens is 1. The highest BCUT2D eigenvalue weighted by Crippen LogP contribution is 2.46. The number of esters is 1. The van der Waals surface area contributed by atoms with Crippen molar-refractivity contribution >= 4 is 40.1 Å². The molecule has 9 heteroatoms. The van der Waals surface area contributed by atoms with Gasteiger partial charge in [0, 0.05) is 11.6 Å². The molecule has 1 saturated carbocycles. The molecule has 4 rings (SSSR count). The number of halogens is 4. The van der Waals surface area contributed by atoms with Gasteiger partial charge in [-0.25, -0.2) is 0 Å². The fourth-order valence-corrected chi connectivity index (χ4v) is 4.98. The smallest absolute Gasteiger partial charge is 0.392 e. The van der Waals surface area contributed by atoms with Crippen molar-refractivity contribution in [3.63, 3.8) is 0 Å². The molecule has 1 aliphatic rings. The van der Waals surface area contributed by atoms with E-state index >= 15 is 0 Å². The molecule has 1 fully saturated rings. The van der Waals surface area contributed by atoms with E-state index in [0.717, 1.165) is 25.3 Å². The second-order valence-electron chi connectivity index (χ2n) is 11.2. The van der Waals surface area contributed by atoms with Gasteiger partial charge in [-0.1, -0.05) is 42.8 Å². The monoisotopic (exact) mass is 560 g/mol. The standard InChI is InChI=1S/C30H32ClF3N2O3/c1-17(30(32,33)34)27(21-13-20-7-5-6-8-24(20)35-16-21)28(38)36-25-14-19(11-12-23(25)31)22(18-9-10-18)15-26(37)39-29(2,3)4/h5-8,11-14,16-18,22,27H,9-10,15H2,1-4H3,(H,36,38)/t17-,22+,27+/m1/s1. The number of pyridine rings is 1. The lowest BCUT2D eigenvalue weighted by molar-refractivity contribution is -0.178. The van der Waals surface area contributed by atoms with Crippen LogP contribution in [0.5, 0.6) is 0 Å². The fourth-order valence-electron chi connectivity index (χ4n) is 4.81.